The maximum Gasteiger partial charge on any atom is 0.236 e. The van der Waals surface area contributed by atoms with Gasteiger partial charge < -0.3 is 16.2 Å². The summed E-state index contributed by atoms with van der Waals surface area (Å²) in [5.41, 5.74) is 5.59. The number of aliphatic hydroxyl groups is 1. The summed E-state index contributed by atoms with van der Waals surface area (Å²) in [6.07, 6.45) is 4.45. The van der Waals surface area contributed by atoms with E-state index in [1.165, 1.54) is 0 Å². The lowest BCUT2D eigenvalue weighted by Gasteiger charge is -2.30. The molecule has 0 fully saturated rings. The summed E-state index contributed by atoms with van der Waals surface area (Å²) in [6, 6.07) is -0.417. The lowest BCUT2D eigenvalue weighted by molar-refractivity contribution is -0.123. The maximum absolute atomic E-state index is 11.7. The van der Waals surface area contributed by atoms with Gasteiger partial charge in [-0.2, -0.15) is 0 Å². The van der Waals surface area contributed by atoms with Crippen molar-refractivity contribution in [2.45, 2.75) is 58.9 Å². The van der Waals surface area contributed by atoms with Gasteiger partial charge in [0.1, 0.15) is 0 Å². The van der Waals surface area contributed by atoms with Gasteiger partial charge in [0.2, 0.25) is 5.91 Å². The van der Waals surface area contributed by atoms with Gasteiger partial charge >= 0.3 is 0 Å². The van der Waals surface area contributed by atoms with Crippen LogP contribution in [0.3, 0.4) is 0 Å². The van der Waals surface area contributed by atoms with Gasteiger partial charge in [0, 0.05) is 12.0 Å². The van der Waals surface area contributed by atoms with Crippen molar-refractivity contribution in [3.63, 3.8) is 0 Å². The number of hydrogen-bond acceptors (Lipinski definition) is 3. The molecule has 0 aliphatic rings. The van der Waals surface area contributed by atoms with Crippen LogP contribution in [0.2, 0.25) is 0 Å². The minimum Gasteiger partial charge on any atom is -0.396 e. The summed E-state index contributed by atoms with van der Waals surface area (Å²) < 4.78 is 0. The zero-order chi connectivity index (χ0) is 13.3. The highest BCUT2D eigenvalue weighted by molar-refractivity contribution is 5.81. The molecule has 0 unspecified atom stereocenters. The molecule has 0 rings (SSSR count). The first-order valence-corrected chi connectivity index (χ1v) is 6.69. The van der Waals surface area contributed by atoms with Crippen LogP contribution in [0.1, 0.15) is 52.9 Å². The minimum absolute atomic E-state index is 0.0989. The second-order valence-electron chi connectivity index (χ2n) is 4.83. The second kappa shape index (κ2) is 8.48. The van der Waals surface area contributed by atoms with Crippen molar-refractivity contribution in [3.8, 4) is 0 Å². The minimum atomic E-state index is -0.417. The Kier molecular flexibility index (Phi) is 8.17. The molecule has 0 radical (unpaired) electrons. The molecule has 0 saturated carbocycles. The van der Waals surface area contributed by atoms with Crippen molar-refractivity contribution < 1.29 is 9.90 Å². The summed E-state index contributed by atoms with van der Waals surface area (Å²) in [5.74, 6) is -0.0989. The zero-order valence-electron chi connectivity index (χ0n) is 11.5. The van der Waals surface area contributed by atoms with Gasteiger partial charge in [-0.15, -0.1) is 0 Å². The number of amides is 1. The van der Waals surface area contributed by atoms with E-state index >= 15 is 0 Å². The quantitative estimate of drug-likeness (QED) is 0.574. The van der Waals surface area contributed by atoms with Crippen LogP contribution in [-0.2, 0) is 4.79 Å². The van der Waals surface area contributed by atoms with Gasteiger partial charge in [-0.3, -0.25) is 4.79 Å². The Bertz CT molecular complexity index is 207. The first-order chi connectivity index (χ1) is 8.05. The third-order valence-electron chi connectivity index (χ3n) is 3.68. The van der Waals surface area contributed by atoms with Crippen molar-refractivity contribution in [3.05, 3.63) is 0 Å². The number of carbonyl (C=O) groups is 1. The molecule has 0 aromatic carbocycles. The third kappa shape index (κ3) is 5.50. The Labute approximate surface area is 105 Å². The lowest BCUT2D eigenvalue weighted by atomic mass is 9.83. The number of aliphatic hydroxyl groups excluding tert-OH is 1. The molecule has 0 aliphatic carbocycles. The topological polar surface area (TPSA) is 75.4 Å². The summed E-state index contributed by atoms with van der Waals surface area (Å²) in [6.45, 7) is 6.75. The number of hydrogen-bond donors (Lipinski definition) is 3. The van der Waals surface area contributed by atoms with Gasteiger partial charge in [0.15, 0.2) is 0 Å². The average molecular weight is 244 g/mol. The van der Waals surface area contributed by atoms with Gasteiger partial charge in [-0.25, -0.2) is 0 Å². The summed E-state index contributed by atoms with van der Waals surface area (Å²) in [7, 11) is 0. The van der Waals surface area contributed by atoms with Gasteiger partial charge in [-0.1, -0.05) is 33.6 Å². The highest BCUT2D eigenvalue weighted by Crippen LogP contribution is 2.24. The molecule has 0 saturated heterocycles. The highest BCUT2D eigenvalue weighted by atomic mass is 16.3. The Hall–Kier alpha value is -0.610. The summed E-state index contributed by atoms with van der Waals surface area (Å²) >= 11 is 0. The molecule has 1 amide bonds. The molecular weight excluding hydrogens is 216 g/mol. The van der Waals surface area contributed by atoms with E-state index in [2.05, 4.69) is 12.2 Å². The molecule has 4 nitrogen and oxygen atoms in total. The van der Waals surface area contributed by atoms with Gasteiger partial charge in [0.25, 0.3) is 0 Å². The first kappa shape index (κ1) is 16.4. The summed E-state index contributed by atoms with van der Waals surface area (Å²) in [5, 5.41) is 12.2. The van der Waals surface area contributed by atoms with Gasteiger partial charge in [-0.05, 0) is 19.3 Å². The Balaban J connectivity index is 4.12. The van der Waals surface area contributed by atoms with Crippen LogP contribution in [-0.4, -0.2) is 30.2 Å². The average Bonchev–Trinajstić information content (AvgIpc) is 2.37. The number of carbonyl (C=O) groups excluding carboxylic acids is 1. The standard InChI is InChI=1S/C13H28N2O2/c1-4-7-8-11(14)12(17)15-9-13(5-2,6-3)10-16/h11,16H,4-10,14H2,1-3H3,(H,15,17)/t11-/m0/s1. The number of rotatable bonds is 9. The van der Waals surface area contributed by atoms with Crippen LogP contribution in [0.5, 0.6) is 0 Å². The fourth-order valence-corrected chi connectivity index (χ4v) is 1.74. The molecule has 4 heteroatoms. The molecule has 102 valence electrons. The number of nitrogens with two attached hydrogens (primary N) is 1. The first-order valence-electron chi connectivity index (χ1n) is 6.69. The lowest BCUT2D eigenvalue weighted by Crippen LogP contribution is -2.46. The predicted octanol–water partition coefficient (Wildman–Crippen LogP) is 1.42. The highest BCUT2D eigenvalue weighted by Gasteiger charge is 2.26. The predicted molar refractivity (Wildman–Crippen MR) is 70.6 cm³/mol. The molecule has 0 aliphatic heterocycles. The maximum atomic E-state index is 11.7. The fourth-order valence-electron chi connectivity index (χ4n) is 1.74. The molecule has 4 N–H and O–H groups in total. The fraction of sp³-hybridized carbons (Fsp3) is 0.923. The normalized spacial score (nSPS) is 13.5. The molecular formula is C13H28N2O2. The van der Waals surface area contributed by atoms with E-state index in [1.807, 2.05) is 13.8 Å². The molecule has 0 aromatic rings. The van der Waals surface area contributed by atoms with Crippen molar-refractivity contribution in [1.29, 1.82) is 0 Å². The van der Waals surface area contributed by atoms with E-state index < -0.39 is 6.04 Å². The van der Waals surface area contributed by atoms with Crippen LogP contribution < -0.4 is 11.1 Å². The van der Waals surface area contributed by atoms with Crippen molar-refractivity contribution in [2.24, 2.45) is 11.1 Å². The molecule has 0 spiro atoms. The van der Waals surface area contributed by atoms with Crippen molar-refractivity contribution in [2.75, 3.05) is 13.2 Å². The van der Waals surface area contributed by atoms with Crippen LogP contribution >= 0.6 is 0 Å². The van der Waals surface area contributed by atoms with E-state index in [0.29, 0.717) is 6.54 Å². The Morgan fingerprint density at radius 2 is 1.94 bits per heavy atom. The smallest absolute Gasteiger partial charge is 0.236 e. The number of nitrogens with one attached hydrogen (secondary N) is 1. The molecule has 17 heavy (non-hydrogen) atoms. The zero-order valence-corrected chi connectivity index (χ0v) is 11.5. The SMILES string of the molecule is CCCC[C@H](N)C(=O)NCC(CC)(CC)CO. The Morgan fingerprint density at radius 3 is 2.35 bits per heavy atom. The van der Waals surface area contributed by atoms with Crippen LogP contribution in [0.25, 0.3) is 0 Å². The molecule has 0 aromatic heterocycles. The van der Waals surface area contributed by atoms with E-state index in [-0.39, 0.29) is 17.9 Å². The summed E-state index contributed by atoms with van der Waals surface area (Å²) in [4.78, 5) is 11.7. The Morgan fingerprint density at radius 1 is 1.35 bits per heavy atom. The third-order valence-corrected chi connectivity index (χ3v) is 3.68. The molecule has 1 atom stereocenters. The van der Waals surface area contributed by atoms with E-state index in [9.17, 15) is 9.90 Å². The van der Waals surface area contributed by atoms with E-state index in [1.54, 1.807) is 0 Å². The monoisotopic (exact) mass is 244 g/mol. The van der Waals surface area contributed by atoms with Crippen LogP contribution in [0.4, 0.5) is 0 Å². The van der Waals surface area contributed by atoms with E-state index in [4.69, 9.17) is 5.73 Å². The van der Waals surface area contributed by atoms with Crippen LogP contribution in [0, 0.1) is 5.41 Å². The van der Waals surface area contributed by atoms with Crippen LogP contribution in [0.15, 0.2) is 0 Å². The van der Waals surface area contributed by atoms with Crippen molar-refractivity contribution in [1.82, 2.24) is 5.32 Å². The molecule has 0 heterocycles. The largest absolute Gasteiger partial charge is 0.396 e. The number of unbranched alkanes of at least 4 members (excludes halogenated alkanes) is 1. The second-order valence-corrected chi connectivity index (χ2v) is 4.83. The molecule has 0 bridgehead atoms. The van der Waals surface area contributed by atoms with Gasteiger partial charge in [0.05, 0.1) is 12.6 Å². The van der Waals surface area contributed by atoms with Crippen molar-refractivity contribution >= 4 is 5.91 Å². The van der Waals surface area contributed by atoms with E-state index in [0.717, 1.165) is 32.1 Å².